The Morgan fingerprint density at radius 2 is 1.81 bits per heavy atom. The molecule has 0 atom stereocenters. The molecule has 3 aromatic heterocycles. The maximum atomic E-state index is 6.21. The van der Waals surface area contributed by atoms with E-state index in [1.165, 1.54) is 11.3 Å². The van der Waals surface area contributed by atoms with Crippen LogP contribution in [0.15, 0.2) is 42.9 Å². The molecule has 1 aromatic carbocycles. The van der Waals surface area contributed by atoms with E-state index in [1.54, 1.807) is 33.9 Å². The monoisotopic (exact) mass is 439 g/mol. The molecule has 0 unspecified atom stereocenters. The van der Waals surface area contributed by atoms with Crippen molar-refractivity contribution in [3.63, 3.8) is 0 Å². The third kappa shape index (κ3) is 4.41. The Hall–Kier alpha value is -2.13. The van der Waals surface area contributed by atoms with Gasteiger partial charge in [-0.3, -0.25) is 9.36 Å². The van der Waals surface area contributed by atoms with Crippen molar-refractivity contribution in [3.8, 4) is 0 Å². The highest BCUT2D eigenvalue weighted by molar-refractivity contribution is 7.15. The molecule has 0 aliphatic carbocycles. The summed E-state index contributed by atoms with van der Waals surface area (Å²) in [5, 5.41) is 23.3. The van der Waals surface area contributed by atoms with Crippen molar-refractivity contribution in [2.75, 3.05) is 5.32 Å². The van der Waals surface area contributed by atoms with Gasteiger partial charge in [0.2, 0.25) is 5.13 Å². The lowest BCUT2D eigenvalue weighted by Gasteiger charge is -2.06. The van der Waals surface area contributed by atoms with Gasteiger partial charge in [-0.25, -0.2) is 0 Å². The van der Waals surface area contributed by atoms with Gasteiger partial charge in [-0.1, -0.05) is 52.2 Å². The van der Waals surface area contributed by atoms with Crippen LogP contribution in [0, 0.1) is 0 Å². The van der Waals surface area contributed by atoms with Crippen LogP contribution in [-0.4, -0.2) is 29.8 Å². The van der Waals surface area contributed by atoms with E-state index in [0.717, 1.165) is 10.6 Å². The van der Waals surface area contributed by atoms with E-state index in [9.17, 15) is 0 Å². The zero-order valence-corrected chi connectivity index (χ0v) is 16.8. The van der Waals surface area contributed by atoms with Gasteiger partial charge in [0.1, 0.15) is 5.01 Å². The summed E-state index contributed by atoms with van der Waals surface area (Å²) >= 11 is 19.7. The number of anilines is 2. The van der Waals surface area contributed by atoms with Gasteiger partial charge >= 0.3 is 0 Å². The SMILES string of the molecule is Clc1cnn(Cc2nnc(Nc3ccn(Cc4c(Cl)cccc4Cl)n3)s2)c1. The van der Waals surface area contributed by atoms with E-state index >= 15 is 0 Å². The van der Waals surface area contributed by atoms with Crippen LogP contribution >= 0.6 is 46.1 Å². The van der Waals surface area contributed by atoms with Crippen molar-refractivity contribution < 1.29 is 0 Å². The maximum Gasteiger partial charge on any atom is 0.211 e. The molecule has 0 aliphatic heterocycles. The van der Waals surface area contributed by atoms with Crippen LogP contribution in [0.4, 0.5) is 10.9 Å². The fourth-order valence-corrected chi connectivity index (χ4v) is 3.81. The van der Waals surface area contributed by atoms with Crippen LogP contribution in [0.2, 0.25) is 15.1 Å². The topological polar surface area (TPSA) is 73.5 Å². The van der Waals surface area contributed by atoms with Crippen molar-refractivity contribution in [2.45, 2.75) is 13.1 Å². The molecule has 0 saturated carbocycles. The molecule has 138 valence electrons. The van der Waals surface area contributed by atoms with E-state index in [-0.39, 0.29) is 0 Å². The first-order valence-corrected chi connectivity index (χ1v) is 9.75. The third-order valence-corrected chi connectivity index (χ3v) is 5.35. The molecule has 11 heteroatoms. The molecule has 0 spiro atoms. The molecule has 3 heterocycles. The Labute approximate surface area is 173 Å². The van der Waals surface area contributed by atoms with E-state index in [4.69, 9.17) is 34.8 Å². The minimum absolute atomic E-state index is 0.474. The summed E-state index contributed by atoms with van der Waals surface area (Å²) in [4.78, 5) is 0. The van der Waals surface area contributed by atoms with E-state index < -0.39 is 0 Å². The van der Waals surface area contributed by atoms with Gasteiger partial charge in [0.05, 0.1) is 24.3 Å². The summed E-state index contributed by atoms with van der Waals surface area (Å²) in [6.07, 6.45) is 5.16. The van der Waals surface area contributed by atoms with Crippen LogP contribution in [0.25, 0.3) is 0 Å². The predicted molar refractivity (Wildman–Crippen MR) is 107 cm³/mol. The zero-order chi connectivity index (χ0) is 18.8. The van der Waals surface area contributed by atoms with Gasteiger partial charge in [-0.05, 0) is 12.1 Å². The summed E-state index contributed by atoms with van der Waals surface area (Å²) in [5.41, 5.74) is 0.826. The molecule has 0 aliphatic rings. The van der Waals surface area contributed by atoms with Crippen molar-refractivity contribution in [1.29, 1.82) is 0 Å². The second kappa shape index (κ2) is 7.85. The molecule has 0 saturated heterocycles. The smallest absolute Gasteiger partial charge is 0.211 e. The van der Waals surface area contributed by atoms with Gasteiger partial charge in [0.25, 0.3) is 0 Å². The van der Waals surface area contributed by atoms with Gasteiger partial charge in [0, 0.05) is 34.1 Å². The summed E-state index contributed by atoms with van der Waals surface area (Å²) in [7, 11) is 0. The lowest BCUT2D eigenvalue weighted by Crippen LogP contribution is -2.02. The molecule has 7 nitrogen and oxygen atoms in total. The fourth-order valence-electron chi connectivity index (χ4n) is 2.40. The standard InChI is InChI=1S/C16H12Cl3N7S/c17-10-6-20-26(7-10)9-15-22-23-16(27-15)21-14-4-5-25(24-14)8-11-12(18)2-1-3-13(11)19/h1-7H,8-9H2,(H,21,23,24). The van der Waals surface area contributed by atoms with E-state index in [2.05, 4.69) is 25.7 Å². The first kappa shape index (κ1) is 18.2. The largest absolute Gasteiger partial charge is 0.313 e. The molecule has 0 fully saturated rings. The number of halogens is 3. The molecule has 4 rings (SSSR count). The lowest BCUT2D eigenvalue weighted by molar-refractivity contribution is 0.677. The normalized spacial score (nSPS) is 11.1. The number of aromatic nitrogens is 6. The molecule has 0 amide bonds. The number of hydrogen-bond donors (Lipinski definition) is 1. The molecule has 0 radical (unpaired) electrons. The molecular formula is C16H12Cl3N7S. The Kier molecular flexibility index (Phi) is 5.31. The van der Waals surface area contributed by atoms with Crippen LogP contribution in [0.1, 0.15) is 10.6 Å². The zero-order valence-electron chi connectivity index (χ0n) is 13.7. The highest BCUT2D eigenvalue weighted by Gasteiger charge is 2.10. The van der Waals surface area contributed by atoms with E-state index in [1.807, 2.05) is 18.3 Å². The van der Waals surface area contributed by atoms with E-state index in [0.29, 0.717) is 39.1 Å². The minimum Gasteiger partial charge on any atom is -0.313 e. The summed E-state index contributed by atoms with van der Waals surface area (Å²) in [6, 6.07) is 7.27. The Morgan fingerprint density at radius 3 is 2.56 bits per heavy atom. The Bertz CT molecular complexity index is 1050. The Morgan fingerprint density at radius 1 is 1.00 bits per heavy atom. The number of nitrogens with one attached hydrogen (secondary N) is 1. The lowest BCUT2D eigenvalue weighted by atomic mass is 10.2. The third-order valence-electron chi connectivity index (χ3n) is 3.62. The summed E-state index contributed by atoms with van der Waals surface area (Å²) < 4.78 is 3.46. The van der Waals surface area contributed by atoms with Crippen LogP contribution < -0.4 is 5.32 Å². The average molecular weight is 441 g/mol. The first-order chi connectivity index (χ1) is 13.1. The second-order valence-corrected chi connectivity index (χ2v) is 7.89. The van der Waals surface area contributed by atoms with Crippen molar-refractivity contribution in [3.05, 3.63) is 68.5 Å². The average Bonchev–Trinajstić information content (AvgIpc) is 3.35. The number of hydrogen-bond acceptors (Lipinski definition) is 6. The van der Waals surface area contributed by atoms with Crippen LogP contribution in [0.5, 0.6) is 0 Å². The summed E-state index contributed by atoms with van der Waals surface area (Å²) in [6.45, 7) is 0.979. The first-order valence-electron chi connectivity index (χ1n) is 7.80. The Balaban J connectivity index is 1.42. The molecule has 0 bridgehead atoms. The maximum absolute atomic E-state index is 6.21. The molecule has 4 aromatic rings. The van der Waals surface area contributed by atoms with Crippen molar-refractivity contribution in [2.24, 2.45) is 0 Å². The van der Waals surface area contributed by atoms with Gasteiger partial charge in [0.15, 0.2) is 5.82 Å². The molecule has 1 N–H and O–H groups in total. The van der Waals surface area contributed by atoms with Gasteiger partial charge < -0.3 is 5.32 Å². The van der Waals surface area contributed by atoms with Crippen molar-refractivity contribution in [1.82, 2.24) is 29.8 Å². The highest BCUT2D eigenvalue weighted by Crippen LogP contribution is 2.26. The minimum atomic E-state index is 0.474. The highest BCUT2D eigenvalue weighted by atomic mass is 35.5. The molecule has 27 heavy (non-hydrogen) atoms. The van der Waals surface area contributed by atoms with Gasteiger partial charge in [-0.15, -0.1) is 10.2 Å². The van der Waals surface area contributed by atoms with Gasteiger partial charge in [-0.2, -0.15) is 10.2 Å². The summed E-state index contributed by atoms with van der Waals surface area (Å²) in [5.74, 6) is 0.656. The fraction of sp³-hybridized carbons (Fsp3) is 0.125. The quantitative estimate of drug-likeness (QED) is 0.469. The molecular weight excluding hydrogens is 429 g/mol. The second-order valence-electron chi connectivity index (χ2n) is 5.58. The van der Waals surface area contributed by atoms with Crippen molar-refractivity contribution >= 4 is 57.1 Å². The predicted octanol–water partition coefficient (Wildman–Crippen LogP) is 4.73. The number of benzene rings is 1. The number of nitrogens with zero attached hydrogens (tertiary/aromatic N) is 6. The van der Waals surface area contributed by atoms with Crippen LogP contribution in [0.3, 0.4) is 0 Å². The number of rotatable bonds is 6. The van der Waals surface area contributed by atoms with Crippen LogP contribution in [-0.2, 0) is 13.1 Å².